The lowest BCUT2D eigenvalue weighted by molar-refractivity contribution is -0.570. The van der Waals surface area contributed by atoms with Crippen molar-refractivity contribution in [3.05, 3.63) is 36.2 Å². The lowest BCUT2D eigenvalue weighted by Crippen LogP contribution is -2.56. The summed E-state index contributed by atoms with van der Waals surface area (Å²) in [5.74, 6) is 0. The predicted molar refractivity (Wildman–Crippen MR) is 79.2 cm³/mol. The fourth-order valence-corrected chi connectivity index (χ4v) is 3.04. The van der Waals surface area contributed by atoms with Crippen LogP contribution in [0.3, 0.4) is 0 Å². The summed E-state index contributed by atoms with van der Waals surface area (Å²) in [4.78, 5) is 13.7. The number of halogens is 2. The summed E-state index contributed by atoms with van der Waals surface area (Å²) in [7, 11) is -0.455. The molecule has 1 aliphatic rings. The van der Waals surface area contributed by atoms with E-state index in [-0.39, 0.29) is 18.4 Å². The molecule has 7 nitrogen and oxygen atoms in total. The molecule has 0 spiro atoms. The lowest BCUT2D eigenvalue weighted by atomic mass is 9.88. The molecule has 0 saturated heterocycles. The van der Waals surface area contributed by atoms with Gasteiger partial charge in [0.2, 0.25) is 0 Å². The van der Waals surface area contributed by atoms with Crippen LogP contribution in [0.4, 0.5) is 19.3 Å². The standard InChI is InChI=1S/C13H16F2N4O3S/c1-18(2)11-3-5-19(6-4-11)13(20)17-23(21,22)16-10-7-9(8-10)12(14)15/h3-6,10,16H,7-8H2,1-2H3/p+1. The van der Waals surface area contributed by atoms with Crippen molar-refractivity contribution in [2.45, 2.75) is 18.9 Å². The van der Waals surface area contributed by atoms with Crippen LogP contribution in [0.1, 0.15) is 12.8 Å². The largest absolute Gasteiger partial charge is 0.512 e. The molecule has 1 fully saturated rings. The molecule has 1 amide bonds. The number of nitrogens with one attached hydrogen (secondary N) is 2. The maximum atomic E-state index is 12.2. The zero-order valence-electron chi connectivity index (χ0n) is 12.6. The highest BCUT2D eigenvalue weighted by Crippen LogP contribution is 2.30. The summed E-state index contributed by atoms with van der Waals surface area (Å²) in [5, 5.41) is 0. The van der Waals surface area contributed by atoms with Gasteiger partial charge in [-0.1, -0.05) is 0 Å². The molecule has 1 saturated carbocycles. The van der Waals surface area contributed by atoms with Crippen molar-refractivity contribution in [1.82, 2.24) is 9.44 Å². The van der Waals surface area contributed by atoms with Crippen molar-refractivity contribution < 1.29 is 26.6 Å². The van der Waals surface area contributed by atoms with Crippen molar-refractivity contribution in [2.75, 3.05) is 19.0 Å². The summed E-state index contributed by atoms with van der Waals surface area (Å²) >= 11 is 0. The first kappa shape index (κ1) is 17.3. The first-order valence-corrected chi connectivity index (χ1v) is 8.22. The van der Waals surface area contributed by atoms with Gasteiger partial charge >= 0.3 is 16.2 Å². The highest BCUT2D eigenvalue weighted by molar-refractivity contribution is 7.88. The summed E-state index contributed by atoms with van der Waals surface area (Å²) in [6.07, 6.45) is 0.955. The summed E-state index contributed by atoms with van der Waals surface area (Å²) < 4.78 is 53.1. The van der Waals surface area contributed by atoms with Gasteiger partial charge in [-0.05, 0) is 18.4 Å². The number of nitrogens with zero attached hydrogens (tertiary/aromatic N) is 2. The predicted octanol–water partition coefficient (Wildman–Crippen LogP) is 0.745. The molecule has 1 aliphatic carbocycles. The van der Waals surface area contributed by atoms with Gasteiger partial charge in [-0.2, -0.15) is 31.3 Å². The average Bonchev–Trinajstić information content (AvgIpc) is 2.41. The maximum Gasteiger partial charge on any atom is 0.512 e. The fraction of sp³-hybridized carbons (Fsp3) is 0.385. The zero-order valence-corrected chi connectivity index (χ0v) is 13.4. The molecule has 0 aromatic carbocycles. The van der Waals surface area contributed by atoms with Crippen LogP contribution in [0, 0.1) is 0 Å². The van der Waals surface area contributed by atoms with Crippen molar-refractivity contribution in [2.24, 2.45) is 0 Å². The van der Waals surface area contributed by atoms with E-state index >= 15 is 0 Å². The summed E-state index contributed by atoms with van der Waals surface area (Å²) in [6, 6.07) is 1.80. The van der Waals surface area contributed by atoms with E-state index in [0.717, 1.165) is 10.3 Å². The van der Waals surface area contributed by atoms with Crippen LogP contribution >= 0.6 is 0 Å². The Labute approximate surface area is 132 Å². The number of amides is 1. The summed E-state index contributed by atoms with van der Waals surface area (Å²) in [5.41, 5.74) is 0.773. The first-order chi connectivity index (χ1) is 10.7. The molecular weight excluding hydrogens is 330 g/mol. The molecule has 0 atom stereocenters. The van der Waals surface area contributed by atoms with Gasteiger partial charge in [-0.15, -0.1) is 4.72 Å². The number of hydrogen-bond donors (Lipinski definition) is 2. The van der Waals surface area contributed by atoms with Crippen LogP contribution < -0.4 is 18.9 Å². The topological polar surface area (TPSA) is 82.4 Å². The Kier molecular flexibility index (Phi) is 4.95. The number of anilines is 1. The Morgan fingerprint density at radius 1 is 1.26 bits per heavy atom. The maximum absolute atomic E-state index is 12.2. The van der Waals surface area contributed by atoms with Gasteiger partial charge in [0.15, 0.2) is 0 Å². The minimum absolute atomic E-state index is 0.0535. The number of aromatic nitrogens is 1. The molecule has 0 unspecified atom stereocenters. The van der Waals surface area contributed by atoms with Gasteiger partial charge in [0.05, 0.1) is 0 Å². The quantitative estimate of drug-likeness (QED) is 0.788. The number of carbonyl (C=O) groups excluding carboxylic acids is 1. The normalized spacial score (nSPS) is 17.4. The van der Waals surface area contributed by atoms with E-state index in [9.17, 15) is 22.0 Å². The molecule has 23 heavy (non-hydrogen) atoms. The molecule has 1 heterocycles. The van der Waals surface area contributed by atoms with Gasteiger partial charge < -0.3 is 4.90 Å². The van der Waals surface area contributed by atoms with E-state index in [0.29, 0.717) is 0 Å². The molecule has 0 radical (unpaired) electrons. The van der Waals surface area contributed by atoms with E-state index in [1.54, 1.807) is 12.1 Å². The SMILES string of the molecule is CN(C)c1cc[n+](C(=O)NS(=O)(=O)NC2CC(=C(F)F)C2)cc1. The Morgan fingerprint density at radius 2 is 1.83 bits per heavy atom. The third kappa shape index (κ3) is 4.45. The molecule has 1 aromatic rings. The van der Waals surface area contributed by atoms with Crippen LogP contribution in [0.2, 0.25) is 0 Å². The van der Waals surface area contributed by atoms with Gasteiger partial charge in [0.1, 0.15) is 12.4 Å². The van der Waals surface area contributed by atoms with E-state index in [2.05, 4.69) is 4.72 Å². The number of rotatable bonds is 4. The van der Waals surface area contributed by atoms with Gasteiger partial charge in [0, 0.05) is 38.0 Å². The van der Waals surface area contributed by atoms with Crippen molar-refractivity contribution >= 4 is 21.9 Å². The Bertz CT molecular complexity index is 720. The molecule has 126 valence electrons. The van der Waals surface area contributed by atoms with Crippen molar-refractivity contribution in [3.8, 4) is 0 Å². The smallest absolute Gasteiger partial charge is 0.377 e. The van der Waals surface area contributed by atoms with Gasteiger partial charge in [0.25, 0.3) is 6.08 Å². The third-order valence-electron chi connectivity index (χ3n) is 3.36. The number of pyridine rings is 1. The van der Waals surface area contributed by atoms with Crippen molar-refractivity contribution in [1.29, 1.82) is 0 Å². The second kappa shape index (κ2) is 6.59. The molecule has 10 heteroatoms. The molecule has 0 aliphatic heterocycles. The molecule has 0 bridgehead atoms. The first-order valence-electron chi connectivity index (χ1n) is 6.74. The van der Waals surface area contributed by atoms with Gasteiger partial charge in [-0.3, -0.25) is 0 Å². The van der Waals surface area contributed by atoms with Crippen LogP contribution in [-0.2, 0) is 10.2 Å². The molecule has 1 aromatic heterocycles. The summed E-state index contributed by atoms with van der Waals surface area (Å²) in [6.45, 7) is 0. The van der Waals surface area contributed by atoms with E-state index in [1.165, 1.54) is 12.4 Å². The monoisotopic (exact) mass is 347 g/mol. The number of carbonyl (C=O) groups is 1. The highest BCUT2D eigenvalue weighted by Gasteiger charge is 2.33. The molecular formula is C13H17F2N4O3S+. The second-order valence-electron chi connectivity index (χ2n) is 5.36. The second-order valence-corrected chi connectivity index (χ2v) is 6.80. The van der Waals surface area contributed by atoms with Crippen LogP contribution in [0.5, 0.6) is 0 Å². The van der Waals surface area contributed by atoms with E-state index in [4.69, 9.17) is 0 Å². The Hall–Kier alpha value is -2.07. The minimum atomic E-state index is -4.11. The Balaban J connectivity index is 1.95. The van der Waals surface area contributed by atoms with Crippen LogP contribution in [-0.4, -0.2) is 34.6 Å². The van der Waals surface area contributed by atoms with Crippen LogP contribution in [0.15, 0.2) is 36.2 Å². The zero-order chi connectivity index (χ0) is 17.2. The third-order valence-corrected chi connectivity index (χ3v) is 4.45. The minimum Gasteiger partial charge on any atom is -0.377 e. The molecule has 2 rings (SSSR count). The van der Waals surface area contributed by atoms with Crippen molar-refractivity contribution in [3.63, 3.8) is 0 Å². The number of hydrogen-bond acceptors (Lipinski definition) is 4. The fourth-order valence-electron chi connectivity index (χ4n) is 2.04. The average molecular weight is 347 g/mol. The van der Waals surface area contributed by atoms with E-state index in [1.807, 2.05) is 23.7 Å². The van der Waals surface area contributed by atoms with E-state index < -0.39 is 28.4 Å². The molecule has 2 N–H and O–H groups in total. The lowest BCUT2D eigenvalue weighted by Gasteiger charge is -2.27. The Morgan fingerprint density at radius 3 is 2.30 bits per heavy atom. The van der Waals surface area contributed by atoms with Crippen LogP contribution in [0.25, 0.3) is 0 Å². The van der Waals surface area contributed by atoms with Gasteiger partial charge in [-0.25, -0.2) is 0 Å². The highest BCUT2D eigenvalue weighted by atomic mass is 32.2.